The first-order valence-corrected chi connectivity index (χ1v) is 19.9. The number of rotatable bonds is 33. The number of likely N-dealkylation sites (N-methyl/N-ethyl adjacent to an activating group) is 1. The molecule has 0 saturated carbocycles. The van der Waals surface area contributed by atoms with Gasteiger partial charge in [0.25, 0.3) is 0 Å². The fourth-order valence-electron chi connectivity index (χ4n) is 4.82. The highest BCUT2D eigenvalue weighted by molar-refractivity contribution is 7.47. The Balaban J connectivity index is 4.47. The van der Waals surface area contributed by atoms with E-state index in [-0.39, 0.29) is 25.6 Å². The summed E-state index contributed by atoms with van der Waals surface area (Å²) in [5, 5.41) is 0. The Kier molecular flexibility index (Phi) is 29.0. The number of hydrogen-bond donors (Lipinski definition) is 1. The molecule has 0 fully saturated rings. The van der Waals surface area contributed by atoms with Gasteiger partial charge in [-0.2, -0.15) is 0 Å². The van der Waals surface area contributed by atoms with Gasteiger partial charge >= 0.3 is 19.8 Å². The minimum atomic E-state index is -4.36. The maximum Gasteiger partial charge on any atom is 0.472 e. The van der Waals surface area contributed by atoms with Gasteiger partial charge in [0.1, 0.15) is 19.8 Å². The molecule has 0 saturated heterocycles. The second-order valence-corrected chi connectivity index (χ2v) is 15.1. The fourth-order valence-corrected chi connectivity index (χ4v) is 5.56. The van der Waals surface area contributed by atoms with Crippen LogP contribution in [0, 0.1) is 0 Å². The topological polar surface area (TPSA) is 108 Å². The molecule has 1 N–H and O–H groups in total. The van der Waals surface area contributed by atoms with Crippen molar-refractivity contribution in [3.8, 4) is 0 Å². The average molecular weight is 677 g/mol. The smallest absolute Gasteiger partial charge is 0.462 e. The predicted octanol–water partition coefficient (Wildman–Crippen LogP) is 9.46. The molecule has 1 unspecified atom stereocenters. The number of esters is 2. The van der Waals surface area contributed by atoms with Gasteiger partial charge in [0.15, 0.2) is 6.10 Å². The summed E-state index contributed by atoms with van der Waals surface area (Å²) in [6.07, 6.45) is 26.9. The van der Waals surface area contributed by atoms with Crippen molar-refractivity contribution in [2.24, 2.45) is 0 Å². The Bertz CT molecular complexity index is 814. The number of phosphoric ester groups is 1. The van der Waals surface area contributed by atoms with Gasteiger partial charge in [-0.3, -0.25) is 18.6 Å². The zero-order chi connectivity index (χ0) is 34.4. The largest absolute Gasteiger partial charge is 0.472 e. The lowest BCUT2D eigenvalue weighted by atomic mass is 10.1. The molecule has 0 aromatic heterocycles. The van der Waals surface area contributed by atoms with Crippen LogP contribution in [-0.2, 0) is 32.7 Å². The fraction of sp³-hybridized carbons (Fsp3) is 0.889. The molecule has 2 atom stereocenters. The van der Waals surface area contributed by atoms with Crippen LogP contribution in [0.2, 0.25) is 0 Å². The van der Waals surface area contributed by atoms with Gasteiger partial charge < -0.3 is 18.9 Å². The SMILES string of the molecule is CCCC/C=C\CCCCCCCC(=O)O[C@H](COC(=O)CCCCCCCCCCCCC)COP(=O)(O)OCC[N+](C)(C)C. The van der Waals surface area contributed by atoms with Crippen LogP contribution in [0.3, 0.4) is 0 Å². The summed E-state index contributed by atoms with van der Waals surface area (Å²) in [7, 11) is 1.47. The van der Waals surface area contributed by atoms with E-state index in [9.17, 15) is 19.0 Å². The molecule has 0 aliphatic heterocycles. The van der Waals surface area contributed by atoms with Crippen LogP contribution >= 0.6 is 7.82 Å². The van der Waals surface area contributed by atoms with Crippen molar-refractivity contribution in [3.05, 3.63) is 12.2 Å². The van der Waals surface area contributed by atoms with Gasteiger partial charge in [-0.05, 0) is 32.1 Å². The second kappa shape index (κ2) is 29.9. The monoisotopic (exact) mass is 676 g/mol. The number of allylic oxidation sites excluding steroid dienone is 2. The molecule has 0 rings (SSSR count). The molecule has 0 spiro atoms. The number of unbranched alkanes of at least 4 members (excludes halogenated alkanes) is 17. The summed E-state index contributed by atoms with van der Waals surface area (Å²) >= 11 is 0. The van der Waals surface area contributed by atoms with E-state index < -0.39 is 26.5 Å². The van der Waals surface area contributed by atoms with Crippen molar-refractivity contribution >= 4 is 19.8 Å². The van der Waals surface area contributed by atoms with Crippen molar-refractivity contribution in [1.29, 1.82) is 0 Å². The van der Waals surface area contributed by atoms with Crippen LogP contribution in [-0.4, -0.2) is 74.9 Å². The van der Waals surface area contributed by atoms with Crippen LogP contribution in [0.15, 0.2) is 12.2 Å². The van der Waals surface area contributed by atoms with Crippen LogP contribution in [0.1, 0.15) is 155 Å². The number of phosphoric acid groups is 1. The van der Waals surface area contributed by atoms with Crippen molar-refractivity contribution < 1.29 is 42.1 Å². The van der Waals surface area contributed by atoms with Crippen molar-refractivity contribution in [3.63, 3.8) is 0 Å². The predicted molar refractivity (Wildman–Crippen MR) is 188 cm³/mol. The zero-order valence-corrected chi connectivity index (χ0v) is 31.2. The molecule has 0 aromatic rings. The van der Waals surface area contributed by atoms with Crippen LogP contribution in [0.4, 0.5) is 0 Å². The molecule has 0 amide bonds. The summed E-state index contributed by atoms with van der Waals surface area (Å²) in [4.78, 5) is 35.0. The van der Waals surface area contributed by atoms with Gasteiger partial charge in [-0.1, -0.05) is 122 Å². The third-order valence-electron chi connectivity index (χ3n) is 7.80. The third-order valence-corrected chi connectivity index (χ3v) is 8.78. The second-order valence-electron chi connectivity index (χ2n) is 13.6. The molecule has 0 heterocycles. The van der Waals surface area contributed by atoms with Gasteiger partial charge in [0, 0.05) is 12.8 Å². The lowest BCUT2D eigenvalue weighted by Crippen LogP contribution is -2.37. The van der Waals surface area contributed by atoms with Crippen LogP contribution < -0.4 is 0 Å². The van der Waals surface area contributed by atoms with Crippen LogP contribution in [0.5, 0.6) is 0 Å². The Morgan fingerprint density at radius 2 is 1.13 bits per heavy atom. The van der Waals surface area contributed by atoms with Crippen molar-refractivity contribution in [2.75, 3.05) is 47.5 Å². The molecule has 0 aliphatic rings. The average Bonchev–Trinajstić information content (AvgIpc) is 2.99. The van der Waals surface area contributed by atoms with E-state index in [1.165, 1.54) is 64.2 Å². The Morgan fingerprint density at radius 1 is 0.652 bits per heavy atom. The van der Waals surface area contributed by atoms with E-state index in [0.29, 0.717) is 23.9 Å². The lowest BCUT2D eigenvalue weighted by molar-refractivity contribution is -0.870. The minimum Gasteiger partial charge on any atom is -0.462 e. The highest BCUT2D eigenvalue weighted by Crippen LogP contribution is 2.43. The van der Waals surface area contributed by atoms with Crippen LogP contribution in [0.25, 0.3) is 0 Å². The maximum atomic E-state index is 12.6. The quantitative estimate of drug-likeness (QED) is 0.0241. The molecular weight excluding hydrogens is 605 g/mol. The van der Waals surface area contributed by atoms with Gasteiger partial charge in [-0.25, -0.2) is 4.57 Å². The number of carbonyl (C=O) groups excluding carboxylic acids is 2. The summed E-state index contributed by atoms with van der Waals surface area (Å²) in [6, 6.07) is 0. The van der Waals surface area contributed by atoms with E-state index >= 15 is 0 Å². The molecule has 0 bridgehead atoms. The van der Waals surface area contributed by atoms with Crippen molar-refractivity contribution in [1.82, 2.24) is 0 Å². The third kappa shape index (κ3) is 32.7. The number of ether oxygens (including phenoxy) is 2. The van der Waals surface area contributed by atoms with Gasteiger partial charge in [0.05, 0.1) is 27.7 Å². The molecule has 9 nitrogen and oxygen atoms in total. The molecule has 0 aliphatic carbocycles. The Hall–Kier alpha value is -1.25. The van der Waals surface area contributed by atoms with E-state index in [1.54, 1.807) is 0 Å². The molecule has 0 radical (unpaired) electrons. The zero-order valence-electron chi connectivity index (χ0n) is 30.3. The molecule has 0 aromatic carbocycles. The Labute approximate surface area is 282 Å². The van der Waals surface area contributed by atoms with E-state index in [1.807, 2.05) is 21.1 Å². The van der Waals surface area contributed by atoms with Crippen molar-refractivity contribution in [2.45, 2.75) is 161 Å². The van der Waals surface area contributed by atoms with Gasteiger partial charge in [0.2, 0.25) is 0 Å². The van der Waals surface area contributed by atoms with E-state index in [0.717, 1.165) is 57.8 Å². The normalized spacial score (nSPS) is 14.0. The van der Waals surface area contributed by atoms with E-state index in [2.05, 4.69) is 26.0 Å². The Morgan fingerprint density at radius 3 is 1.67 bits per heavy atom. The lowest BCUT2D eigenvalue weighted by Gasteiger charge is -2.24. The van der Waals surface area contributed by atoms with Gasteiger partial charge in [-0.15, -0.1) is 0 Å². The molecule has 272 valence electrons. The standard InChI is InChI=1S/C36H70NO8P/c1-6-8-10-12-14-16-18-20-22-24-26-28-35(38)42-32-34(33-44-46(40,41)43-31-30-37(3,4)5)45-36(39)29-27-25-23-21-19-17-15-13-11-9-7-2/h13,15,34H,6-12,14,16-33H2,1-5H3/p+1/b15-13-/t34-/m1/s1. The summed E-state index contributed by atoms with van der Waals surface area (Å²) in [6.45, 7) is 4.35. The number of hydrogen-bond acceptors (Lipinski definition) is 7. The van der Waals surface area contributed by atoms with E-state index in [4.69, 9.17) is 18.5 Å². The number of nitrogens with zero attached hydrogens (tertiary/aromatic N) is 1. The first kappa shape index (κ1) is 44.8. The molecular formula is C36H71NO8P+. The number of carbonyl (C=O) groups is 2. The highest BCUT2D eigenvalue weighted by atomic mass is 31.2. The first-order valence-electron chi connectivity index (χ1n) is 18.4. The first-order chi connectivity index (χ1) is 22.0. The minimum absolute atomic E-state index is 0.0326. The maximum absolute atomic E-state index is 12.6. The summed E-state index contributed by atoms with van der Waals surface area (Å²) < 4.78 is 34.1. The highest BCUT2D eigenvalue weighted by Gasteiger charge is 2.27. The summed E-state index contributed by atoms with van der Waals surface area (Å²) in [5.74, 6) is -0.809. The number of quaternary nitrogens is 1. The molecule has 10 heteroatoms. The summed E-state index contributed by atoms with van der Waals surface area (Å²) in [5.41, 5.74) is 0. The molecule has 46 heavy (non-hydrogen) atoms.